The van der Waals surface area contributed by atoms with Crippen molar-refractivity contribution in [2.45, 2.75) is 33.0 Å². The first-order valence-corrected chi connectivity index (χ1v) is 7.37. The molecular formula is C15H21FN2S. The van der Waals surface area contributed by atoms with Crippen LogP contribution in [0.3, 0.4) is 0 Å². The Morgan fingerprint density at radius 3 is 2.68 bits per heavy atom. The van der Waals surface area contributed by atoms with E-state index in [-0.39, 0.29) is 5.82 Å². The van der Waals surface area contributed by atoms with Crippen LogP contribution in [0.2, 0.25) is 0 Å². The topological polar surface area (TPSA) is 15.3 Å². The minimum Gasteiger partial charge on any atom is -0.310 e. The first-order valence-electron chi connectivity index (χ1n) is 6.56. The van der Waals surface area contributed by atoms with Gasteiger partial charge in [-0.2, -0.15) is 0 Å². The number of rotatable bonds is 5. The molecule has 1 aromatic heterocycles. The molecular weight excluding hydrogens is 259 g/mol. The van der Waals surface area contributed by atoms with Gasteiger partial charge in [0, 0.05) is 34.1 Å². The van der Waals surface area contributed by atoms with Crippen LogP contribution in [0.25, 0.3) is 10.1 Å². The second-order valence-corrected chi connectivity index (χ2v) is 6.53. The maximum atomic E-state index is 14.1. The summed E-state index contributed by atoms with van der Waals surface area (Å²) in [6.45, 7) is 5.83. The Morgan fingerprint density at radius 1 is 1.32 bits per heavy atom. The molecule has 0 unspecified atom stereocenters. The molecule has 0 aliphatic heterocycles. The van der Waals surface area contributed by atoms with Crippen molar-refractivity contribution in [3.05, 3.63) is 34.5 Å². The molecule has 0 fully saturated rings. The molecule has 2 nitrogen and oxygen atoms in total. The highest BCUT2D eigenvalue weighted by molar-refractivity contribution is 7.19. The van der Waals surface area contributed by atoms with Gasteiger partial charge in [0.25, 0.3) is 0 Å². The average Bonchev–Trinajstić information content (AvgIpc) is 2.65. The maximum absolute atomic E-state index is 14.1. The van der Waals surface area contributed by atoms with Crippen LogP contribution in [0, 0.1) is 5.82 Å². The van der Waals surface area contributed by atoms with E-state index in [0.29, 0.717) is 6.04 Å². The summed E-state index contributed by atoms with van der Waals surface area (Å²) < 4.78 is 15.1. The first kappa shape index (κ1) is 14.4. The van der Waals surface area contributed by atoms with Crippen molar-refractivity contribution in [1.29, 1.82) is 0 Å². The molecule has 0 spiro atoms. The van der Waals surface area contributed by atoms with Gasteiger partial charge in [-0.05, 0) is 31.8 Å². The molecule has 0 amide bonds. The third-order valence-electron chi connectivity index (χ3n) is 2.99. The van der Waals surface area contributed by atoms with Gasteiger partial charge in [-0.25, -0.2) is 4.39 Å². The number of hydrogen-bond acceptors (Lipinski definition) is 3. The fourth-order valence-corrected chi connectivity index (χ4v) is 3.32. The largest absolute Gasteiger partial charge is 0.310 e. The van der Waals surface area contributed by atoms with Gasteiger partial charge in [0.1, 0.15) is 5.82 Å². The van der Waals surface area contributed by atoms with Gasteiger partial charge in [0.15, 0.2) is 0 Å². The summed E-state index contributed by atoms with van der Waals surface area (Å²) in [5.74, 6) is -0.110. The van der Waals surface area contributed by atoms with E-state index >= 15 is 0 Å². The van der Waals surface area contributed by atoms with Crippen LogP contribution in [0.5, 0.6) is 0 Å². The van der Waals surface area contributed by atoms with Gasteiger partial charge in [0.2, 0.25) is 0 Å². The standard InChI is InChI=1S/C15H21FN2S/c1-10(2)17-8-14-11(9-18(3)4)15-12(16)6-5-7-13(15)19-14/h5-7,10,17H,8-9H2,1-4H3. The number of hydrogen-bond donors (Lipinski definition) is 1. The van der Waals surface area contributed by atoms with Gasteiger partial charge in [-0.15, -0.1) is 11.3 Å². The summed E-state index contributed by atoms with van der Waals surface area (Å²) in [7, 11) is 4.04. The van der Waals surface area contributed by atoms with Gasteiger partial charge >= 0.3 is 0 Å². The lowest BCUT2D eigenvalue weighted by Crippen LogP contribution is -2.22. The molecule has 1 heterocycles. The summed E-state index contributed by atoms with van der Waals surface area (Å²) in [6, 6.07) is 5.77. The zero-order valence-electron chi connectivity index (χ0n) is 12.0. The predicted octanol–water partition coefficient (Wildman–Crippen LogP) is 3.60. The summed E-state index contributed by atoms with van der Waals surface area (Å²) in [4.78, 5) is 3.33. The van der Waals surface area contributed by atoms with Crippen LogP contribution in [0.4, 0.5) is 4.39 Å². The molecule has 0 radical (unpaired) electrons. The number of halogens is 1. The molecule has 0 aliphatic carbocycles. The molecule has 1 N–H and O–H groups in total. The second-order valence-electron chi connectivity index (χ2n) is 5.39. The van der Waals surface area contributed by atoms with Crippen molar-refractivity contribution in [1.82, 2.24) is 10.2 Å². The predicted molar refractivity (Wildman–Crippen MR) is 81.1 cm³/mol. The molecule has 0 aliphatic rings. The van der Waals surface area contributed by atoms with Crippen LogP contribution in [0.1, 0.15) is 24.3 Å². The van der Waals surface area contributed by atoms with E-state index < -0.39 is 0 Å². The minimum atomic E-state index is -0.110. The smallest absolute Gasteiger partial charge is 0.132 e. The van der Waals surface area contributed by atoms with Crippen LogP contribution in [0.15, 0.2) is 18.2 Å². The van der Waals surface area contributed by atoms with E-state index in [1.807, 2.05) is 20.2 Å². The molecule has 19 heavy (non-hydrogen) atoms. The van der Waals surface area contributed by atoms with E-state index in [1.54, 1.807) is 23.5 Å². The van der Waals surface area contributed by atoms with Crippen LogP contribution >= 0.6 is 11.3 Å². The molecule has 2 aromatic rings. The van der Waals surface area contributed by atoms with E-state index in [2.05, 4.69) is 24.1 Å². The van der Waals surface area contributed by atoms with E-state index in [9.17, 15) is 4.39 Å². The van der Waals surface area contributed by atoms with Gasteiger partial charge in [0.05, 0.1) is 0 Å². The molecule has 4 heteroatoms. The van der Waals surface area contributed by atoms with Gasteiger partial charge < -0.3 is 10.2 Å². The van der Waals surface area contributed by atoms with Crippen LogP contribution in [-0.4, -0.2) is 25.0 Å². The summed E-state index contributed by atoms with van der Waals surface area (Å²) in [5.41, 5.74) is 1.12. The Bertz CT molecular complexity index is 561. The maximum Gasteiger partial charge on any atom is 0.132 e. The minimum absolute atomic E-state index is 0.110. The van der Waals surface area contributed by atoms with Crippen molar-refractivity contribution < 1.29 is 4.39 Å². The summed E-state index contributed by atoms with van der Waals surface area (Å²) in [6.07, 6.45) is 0. The molecule has 0 saturated heterocycles. The third-order valence-corrected chi connectivity index (χ3v) is 4.19. The zero-order chi connectivity index (χ0) is 14.0. The van der Waals surface area contributed by atoms with Crippen molar-refractivity contribution >= 4 is 21.4 Å². The van der Waals surface area contributed by atoms with E-state index in [1.165, 1.54) is 4.88 Å². The number of nitrogens with one attached hydrogen (secondary N) is 1. The molecule has 104 valence electrons. The molecule has 1 aromatic carbocycles. The van der Waals surface area contributed by atoms with Crippen molar-refractivity contribution in [3.63, 3.8) is 0 Å². The average molecular weight is 280 g/mol. The van der Waals surface area contributed by atoms with Crippen molar-refractivity contribution in [2.24, 2.45) is 0 Å². The molecule has 2 rings (SSSR count). The highest BCUT2D eigenvalue weighted by Gasteiger charge is 2.16. The van der Waals surface area contributed by atoms with Crippen LogP contribution in [-0.2, 0) is 13.1 Å². The van der Waals surface area contributed by atoms with Crippen molar-refractivity contribution in [3.8, 4) is 0 Å². The number of nitrogens with zero attached hydrogens (tertiary/aromatic N) is 1. The normalized spacial score (nSPS) is 11.9. The summed E-state index contributed by atoms with van der Waals surface area (Å²) >= 11 is 1.69. The third kappa shape index (κ3) is 3.32. The number of fused-ring (bicyclic) bond motifs is 1. The highest BCUT2D eigenvalue weighted by Crippen LogP contribution is 2.33. The van der Waals surface area contributed by atoms with E-state index in [0.717, 1.165) is 28.7 Å². The van der Waals surface area contributed by atoms with Crippen LogP contribution < -0.4 is 5.32 Å². The number of benzene rings is 1. The second kappa shape index (κ2) is 5.99. The Labute approximate surface area is 118 Å². The molecule has 0 saturated carbocycles. The number of thiophene rings is 1. The van der Waals surface area contributed by atoms with E-state index in [4.69, 9.17) is 0 Å². The quantitative estimate of drug-likeness (QED) is 0.900. The highest BCUT2D eigenvalue weighted by atomic mass is 32.1. The lowest BCUT2D eigenvalue weighted by atomic mass is 10.1. The summed E-state index contributed by atoms with van der Waals surface area (Å²) in [5, 5.41) is 4.22. The molecule has 0 atom stereocenters. The van der Waals surface area contributed by atoms with Gasteiger partial charge in [-0.1, -0.05) is 19.9 Å². The Balaban J connectivity index is 2.46. The Morgan fingerprint density at radius 2 is 2.05 bits per heavy atom. The lowest BCUT2D eigenvalue weighted by molar-refractivity contribution is 0.402. The monoisotopic (exact) mass is 280 g/mol. The Hall–Kier alpha value is -0.970. The molecule has 0 bridgehead atoms. The van der Waals surface area contributed by atoms with Gasteiger partial charge in [-0.3, -0.25) is 0 Å². The fourth-order valence-electron chi connectivity index (χ4n) is 2.14. The SMILES string of the molecule is CC(C)NCc1sc2cccc(F)c2c1CN(C)C. The van der Waals surface area contributed by atoms with Crippen molar-refractivity contribution in [2.75, 3.05) is 14.1 Å². The lowest BCUT2D eigenvalue weighted by Gasteiger charge is -2.13. The first-order chi connectivity index (χ1) is 8.99. The zero-order valence-corrected chi connectivity index (χ0v) is 12.8. The fraction of sp³-hybridized carbons (Fsp3) is 0.467. The Kier molecular flexibility index (Phi) is 4.55.